The highest BCUT2D eigenvalue weighted by atomic mass is 19.1. The van der Waals surface area contributed by atoms with Crippen LogP contribution in [0.3, 0.4) is 0 Å². The predicted molar refractivity (Wildman–Crippen MR) is 80.5 cm³/mol. The zero-order valence-electron chi connectivity index (χ0n) is 12.7. The average Bonchev–Trinajstić information content (AvgIpc) is 2.42. The first kappa shape index (κ1) is 16.4. The van der Waals surface area contributed by atoms with Crippen LogP contribution in [0.25, 0.3) is 0 Å². The van der Waals surface area contributed by atoms with E-state index in [0.717, 1.165) is 18.7 Å². The van der Waals surface area contributed by atoms with Crippen molar-refractivity contribution in [1.82, 2.24) is 10.2 Å². The minimum Gasteiger partial charge on any atom is -0.336 e. The van der Waals surface area contributed by atoms with Crippen LogP contribution in [-0.4, -0.2) is 36.6 Å². The number of carbonyl (C=O) groups is 1. The van der Waals surface area contributed by atoms with Crippen molar-refractivity contribution >= 4 is 11.7 Å². The molecule has 0 aromatic heterocycles. The lowest BCUT2D eigenvalue weighted by molar-refractivity contribution is 0.219. The van der Waals surface area contributed by atoms with Gasteiger partial charge in [-0.2, -0.15) is 0 Å². The molecule has 0 saturated carbocycles. The Labute approximate surface area is 120 Å². The molecule has 0 bridgehead atoms. The largest absolute Gasteiger partial charge is 0.336 e. The fourth-order valence-electron chi connectivity index (χ4n) is 2.12. The molecule has 1 atom stereocenters. The van der Waals surface area contributed by atoms with Crippen molar-refractivity contribution in [2.24, 2.45) is 0 Å². The Morgan fingerprint density at radius 1 is 1.35 bits per heavy atom. The smallest absolute Gasteiger partial charge is 0.319 e. The molecule has 2 amide bonds. The SMILES string of the molecule is CCN(CC)C(C)CNC(=O)Nc1cc(C)ccc1F. The summed E-state index contributed by atoms with van der Waals surface area (Å²) in [5, 5.41) is 5.31. The first-order valence-electron chi connectivity index (χ1n) is 7.03. The maximum atomic E-state index is 13.5. The summed E-state index contributed by atoms with van der Waals surface area (Å²) in [5.41, 5.74) is 1.11. The number of anilines is 1. The van der Waals surface area contributed by atoms with Crippen molar-refractivity contribution in [3.05, 3.63) is 29.6 Å². The molecule has 0 radical (unpaired) electrons. The number of aryl methyl sites for hydroxylation is 1. The number of amides is 2. The van der Waals surface area contributed by atoms with E-state index in [-0.39, 0.29) is 17.8 Å². The molecular formula is C15H24FN3O. The Balaban J connectivity index is 2.50. The van der Waals surface area contributed by atoms with Gasteiger partial charge in [0.2, 0.25) is 0 Å². The molecule has 0 aliphatic rings. The highest BCUT2D eigenvalue weighted by molar-refractivity contribution is 5.89. The number of carbonyl (C=O) groups excluding carboxylic acids is 1. The Morgan fingerprint density at radius 3 is 2.60 bits per heavy atom. The van der Waals surface area contributed by atoms with Gasteiger partial charge >= 0.3 is 6.03 Å². The quantitative estimate of drug-likeness (QED) is 0.842. The van der Waals surface area contributed by atoms with E-state index < -0.39 is 5.82 Å². The molecule has 0 saturated heterocycles. The van der Waals surface area contributed by atoms with Crippen molar-refractivity contribution in [2.45, 2.75) is 33.7 Å². The van der Waals surface area contributed by atoms with Crippen LogP contribution >= 0.6 is 0 Å². The first-order chi connectivity index (χ1) is 9.47. The minimum absolute atomic E-state index is 0.206. The van der Waals surface area contributed by atoms with Gasteiger partial charge in [0.15, 0.2) is 0 Å². The topological polar surface area (TPSA) is 44.4 Å². The van der Waals surface area contributed by atoms with E-state index in [9.17, 15) is 9.18 Å². The summed E-state index contributed by atoms with van der Waals surface area (Å²) in [4.78, 5) is 14.0. The molecule has 112 valence electrons. The third-order valence-electron chi connectivity index (χ3n) is 3.36. The number of benzene rings is 1. The van der Waals surface area contributed by atoms with Crippen molar-refractivity contribution in [1.29, 1.82) is 0 Å². The number of nitrogens with zero attached hydrogens (tertiary/aromatic N) is 1. The fourth-order valence-corrected chi connectivity index (χ4v) is 2.12. The lowest BCUT2D eigenvalue weighted by Gasteiger charge is -2.26. The standard InChI is InChI=1S/C15H24FN3O/c1-5-19(6-2)12(4)10-17-15(20)18-14-9-11(3)7-8-13(14)16/h7-9,12H,5-6,10H2,1-4H3,(H2,17,18,20). The highest BCUT2D eigenvalue weighted by Crippen LogP contribution is 2.15. The first-order valence-corrected chi connectivity index (χ1v) is 7.03. The number of urea groups is 1. The third kappa shape index (κ3) is 4.81. The number of rotatable bonds is 6. The fraction of sp³-hybridized carbons (Fsp3) is 0.533. The number of hydrogen-bond donors (Lipinski definition) is 2. The van der Waals surface area contributed by atoms with Gasteiger partial charge in [-0.05, 0) is 44.6 Å². The van der Waals surface area contributed by atoms with Gasteiger partial charge in [0.1, 0.15) is 5.82 Å². The second kappa shape index (κ2) is 7.85. The zero-order valence-corrected chi connectivity index (χ0v) is 12.7. The Morgan fingerprint density at radius 2 is 2.00 bits per heavy atom. The van der Waals surface area contributed by atoms with E-state index in [1.807, 2.05) is 6.92 Å². The molecule has 0 fully saturated rings. The van der Waals surface area contributed by atoms with Crippen LogP contribution < -0.4 is 10.6 Å². The van der Waals surface area contributed by atoms with Crippen LogP contribution in [0.2, 0.25) is 0 Å². The number of halogens is 1. The van der Waals surface area contributed by atoms with Gasteiger partial charge in [-0.15, -0.1) is 0 Å². The molecule has 0 heterocycles. The second-order valence-electron chi connectivity index (χ2n) is 4.89. The maximum absolute atomic E-state index is 13.5. The number of likely N-dealkylation sites (N-methyl/N-ethyl adjacent to an activating group) is 1. The van der Waals surface area contributed by atoms with Gasteiger partial charge in [-0.3, -0.25) is 4.90 Å². The minimum atomic E-state index is -0.428. The molecule has 20 heavy (non-hydrogen) atoms. The zero-order chi connectivity index (χ0) is 15.1. The summed E-state index contributed by atoms with van der Waals surface area (Å²) in [5.74, 6) is -0.428. The lowest BCUT2D eigenvalue weighted by atomic mass is 10.2. The van der Waals surface area contributed by atoms with Crippen molar-refractivity contribution < 1.29 is 9.18 Å². The van der Waals surface area contributed by atoms with Gasteiger partial charge < -0.3 is 10.6 Å². The van der Waals surface area contributed by atoms with E-state index in [0.29, 0.717) is 6.54 Å². The summed E-state index contributed by atoms with van der Waals surface area (Å²) < 4.78 is 13.5. The Bertz CT molecular complexity index is 447. The van der Waals surface area contributed by atoms with E-state index in [4.69, 9.17) is 0 Å². The molecule has 0 aliphatic carbocycles. The molecule has 0 aliphatic heterocycles. The van der Waals surface area contributed by atoms with Crippen molar-refractivity contribution in [2.75, 3.05) is 25.0 Å². The number of hydrogen-bond acceptors (Lipinski definition) is 2. The monoisotopic (exact) mass is 281 g/mol. The Hall–Kier alpha value is -1.62. The molecule has 1 aromatic rings. The maximum Gasteiger partial charge on any atom is 0.319 e. The van der Waals surface area contributed by atoms with Gasteiger partial charge in [0.25, 0.3) is 0 Å². The van der Waals surface area contributed by atoms with E-state index in [1.165, 1.54) is 6.07 Å². The summed E-state index contributed by atoms with van der Waals surface area (Å²) in [7, 11) is 0. The Kier molecular flexibility index (Phi) is 6.45. The molecular weight excluding hydrogens is 257 g/mol. The molecule has 2 N–H and O–H groups in total. The van der Waals surface area contributed by atoms with Gasteiger partial charge in [-0.25, -0.2) is 9.18 Å². The van der Waals surface area contributed by atoms with Crippen molar-refractivity contribution in [3.63, 3.8) is 0 Å². The van der Waals surface area contributed by atoms with Crippen LogP contribution in [0.5, 0.6) is 0 Å². The molecule has 0 spiro atoms. The molecule has 1 rings (SSSR count). The van der Waals surface area contributed by atoms with Gasteiger partial charge in [0.05, 0.1) is 5.69 Å². The molecule has 1 aromatic carbocycles. The molecule has 4 nitrogen and oxygen atoms in total. The van der Waals surface area contributed by atoms with Crippen LogP contribution in [-0.2, 0) is 0 Å². The summed E-state index contributed by atoms with van der Waals surface area (Å²) in [6, 6.07) is 4.50. The normalized spacial score (nSPS) is 12.3. The summed E-state index contributed by atoms with van der Waals surface area (Å²) >= 11 is 0. The van der Waals surface area contributed by atoms with E-state index in [2.05, 4.69) is 36.3 Å². The van der Waals surface area contributed by atoms with Crippen LogP contribution in [0.15, 0.2) is 18.2 Å². The summed E-state index contributed by atoms with van der Waals surface area (Å²) in [6.45, 7) is 10.5. The van der Waals surface area contributed by atoms with Crippen molar-refractivity contribution in [3.8, 4) is 0 Å². The second-order valence-corrected chi connectivity index (χ2v) is 4.89. The highest BCUT2D eigenvalue weighted by Gasteiger charge is 2.12. The van der Waals surface area contributed by atoms with E-state index in [1.54, 1.807) is 12.1 Å². The molecule has 5 heteroatoms. The molecule has 1 unspecified atom stereocenters. The van der Waals surface area contributed by atoms with Gasteiger partial charge in [-0.1, -0.05) is 19.9 Å². The number of nitrogens with one attached hydrogen (secondary N) is 2. The van der Waals surface area contributed by atoms with Crippen LogP contribution in [0.4, 0.5) is 14.9 Å². The van der Waals surface area contributed by atoms with Crippen LogP contribution in [0.1, 0.15) is 26.3 Å². The van der Waals surface area contributed by atoms with Gasteiger partial charge in [0, 0.05) is 12.6 Å². The lowest BCUT2D eigenvalue weighted by Crippen LogP contribution is -2.43. The van der Waals surface area contributed by atoms with Crippen LogP contribution in [0, 0.1) is 12.7 Å². The predicted octanol–water partition coefficient (Wildman–Crippen LogP) is 2.99. The van der Waals surface area contributed by atoms with E-state index >= 15 is 0 Å². The average molecular weight is 281 g/mol. The third-order valence-corrected chi connectivity index (χ3v) is 3.36. The summed E-state index contributed by atoms with van der Waals surface area (Å²) in [6.07, 6.45) is 0.